The van der Waals surface area contributed by atoms with Crippen molar-refractivity contribution in [2.45, 2.75) is 37.9 Å². The van der Waals surface area contributed by atoms with Crippen molar-refractivity contribution in [3.8, 4) is 23.0 Å². The second-order valence-corrected chi connectivity index (χ2v) is 8.45. The number of aliphatic hydroxyl groups is 2. The van der Waals surface area contributed by atoms with Gasteiger partial charge in [-0.1, -0.05) is 24.3 Å². The zero-order valence-electron chi connectivity index (χ0n) is 20.1. The predicted octanol–water partition coefficient (Wildman–Crippen LogP) is 3.98. The number of aliphatic hydroxyl groups excluding tert-OH is 2. The summed E-state index contributed by atoms with van der Waals surface area (Å²) >= 11 is 0. The molecule has 33 heavy (non-hydrogen) atoms. The van der Waals surface area contributed by atoms with Gasteiger partial charge in [-0.05, 0) is 63.4 Å². The highest BCUT2D eigenvalue weighted by Gasteiger charge is 2.29. The van der Waals surface area contributed by atoms with E-state index in [4.69, 9.17) is 18.9 Å². The van der Waals surface area contributed by atoms with Crippen molar-refractivity contribution in [3.63, 3.8) is 0 Å². The summed E-state index contributed by atoms with van der Waals surface area (Å²) in [4.78, 5) is 2.40. The van der Waals surface area contributed by atoms with Crippen LogP contribution >= 0.6 is 0 Å². The number of likely N-dealkylation sites (tertiary alicyclic amines) is 1. The minimum Gasteiger partial charge on any atom is -0.493 e. The lowest BCUT2D eigenvalue weighted by atomic mass is 9.87. The summed E-state index contributed by atoms with van der Waals surface area (Å²) in [5, 5.41) is 21.7. The van der Waals surface area contributed by atoms with Gasteiger partial charge in [0, 0.05) is 11.1 Å². The Labute approximate surface area is 196 Å². The normalized spacial score (nSPS) is 16.8. The number of ether oxygens (including phenoxy) is 4. The summed E-state index contributed by atoms with van der Waals surface area (Å²) in [7, 11) is 6.40. The molecule has 0 spiro atoms. The SMILES string of the molecule is COc1cccc([C@H](O)CCCN2CCC([C@@H](O)c3cccc(OC)c3OC)CC2)c1OC. The van der Waals surface area contributed by atoms with Crippen molar-refractivity contribution < 1.29 is 29.2 Å². The van der Waals surface area contributed by atoms with Gasteiger partial charge in [0.25, 0.3) is 0 Å². The molecule has 0 radical (unpaired) electrons. The van der Waals surface area contributed by atoms with Crippen LogP contribution in [0.3, 0.4) is 0 Å². The standard InChI is InChI=1S/C26H37NO6/c1-30-22-11-5-8-19(25(22)32-3)21(28)10-7-15-27-16-13-18(14-17-27)24(29)20-9-6-12-23(31-2)26(20)33-4/h5-6,8-9,11-12,18,21,24,28-29H,7,10,13-17H2,1-4H3/t21-,24-/m1/s1. The van der Waals surface area contributed by atoms with Crippen LogP contribution in [0.25, 0.3) is 0 Å². The van der Waals surface area contributed by atoms with E-state index in [9.17, 15) is 10.2 Å². The van der Waals surface area contributed by atoms with Crippen molar-refractivity contribution in [1.82, 2.24) is 4.90 Å². The van der Waals surface area contributed by atoms with E-state index in [1.165, 1.54) is 0 Å². The summed E-state index contributed by atoms with van der Waals surface area (Å²) in [6, 6.07) is 11.2. The van der Waals surface area contributed by atoms with Crippen LogP contribution < -0.4 is 18.9 Å². The molecule has 0 amide bonds. The number of nitrogens with zero attached hydrogens (tertiary/aromatic N) is 1. The Hall–Kier alpha value is -2.48. The van der Waals surface area contributed by atoms with E-state index in [0.29, 0.717) is 29.4 Å². The Bertz CT molecular complexity index is 878. The van der Waals surface area contributed by atoms with Crippen molar-refractivity contribution in [1.29, 1.82) is 0 Å². The number of rotatable bonds is 11. The van der Waals surface area contributed by atoms with Crippen LogP contribution in [0.2, 0.25) is 0 Å². The average Bonchev–Trinajstić information content (AvgIpc) is 2.87. The van der Waals surface area contributed by atoms with Gasteiger partial charge in [0.1, 0.15) is 0 Å². The van der Waals surface area contributed by atoms with Crippen LogP contribution in [0.5, 0.6) is 23.0 Å². The molecule has 0 saturated carbocycles. The van der Waals surface area contributed by atoms with Crippen molar-refractivity contribution in [2.24, 2.45) is 5.92 Å². The maximum absolute atomic E-state index is 11.0. The second kappa shape index (κ2) is 12.1. The number of benzene rings is 2. The molecular formula is C26H37NO6. The van der Waals surface area contributed by atoms with Crippen LogP contribution in [-0.2, 0) is 0 Å². The first-order chi connectivity index (χ1) is 16.0. The van der Waals surface area contributed by atoms with Crippen LogP contribution in [0.15, 0.2) is 36.4 Å². The molecule has 2 aromatic carbocycles. The van der Waals surface area contributed by atoms with E-state index in [2.05, 4.69) is 4.90 Å². The molecule has 3 rings (SSSR count). The van der Waals surface area contributed by atoms with Crippen LogP contribution in [0.1, 0.15) is 49.0 Å². The van der Waals surface area contributed by atoms with E-state index in [0.717, 1.165) is 50.0 Å². The van der Waals surface area contributed by atoms with Gasteiger partial charge in [-0.25, -0.2) is 0 Å². The van der Waals surface area contributed by atoms with Gasteiger partial charge in [-0.3, -0.25) is 0 Å². The number of piperidine rings is 1. The maximum Gasteiger partial charge on any atom is 0.166 e. The maximum atomic E-state index is 11.0. The molecule has 1 aliphatic heterocycles. The van der Waals surface area contributed by atoms with Gasteiger partial charge >= 0.3 is 0 Å². The first-order valence-corrected chi connectivity index (χ1v) is 11.5. The third-order valence-electron chi connectivity index (χ3n) is 6.58. The average molecular weight is 460 g/mol. The van der Waals surface area contributed by atoms with Crippen LogP contribution in [-0.4, -0.2) is 63.2 Å². The van der Waals surface area contributed by atoms with Crippen molar-refractivity contribution in [3.05, 3.63) is 47.5 Å². The zero-order chi connectivity index (χ0) is 23.8. The molecule has 2 atom stereocenters. The van der Waals surface area contributed by atoms with E-state index in [1.54, 1.807) is 28.4 Å². The minimum absolute atomic E-state index is 0.175. The fourth-order valence-electron chi connectivity index (χ4n) is 4.73. The molecule has 7 heteroatoms. The Morgan fingerprint density at radius 1 is 0.818 bits per heavy atom. The largest absolute Gasteiger partial charge is 0.493 e. The summed E-state index contributed by atoms with van der Waals surface area (Å²) < 4.78 is 21.7. The molecule has 0 bridgehead atoms. The van der Waals surface area contributed by atoms with Gasteiger partial charge in [0.2, 0.25) is 0 Å². The molecule has 0 aliphatic carbocycles. The quantitative estimate of drug-likeness (QED) is 0.526. The minimum atomic E-state index is -0.602. The highest BCUT2D eigenvalue weighted by atomic mass is 16.5. The summed E-state index contributed by atoms with van der Waals surface area (Å²) in [5.74, 6) is 2.64. The van der Waals surface area contributed by atoms with Gasteiger partial charge < -0.3 is 34.1 Å². The molecule has 0 unspecified atom stereocenters. The fraction of sp³-hybridized carbons (Fsp3) is 0.538. The van der Waals surface area contributed by atoms with Gasteiger partial charge in [-0.15, -0.1) is 0 Å². The Morgan fingerprint density at radius 3 is 1.91 bits per heavy atom. The number of hydrogen-bond acceptors (Lipinski definition) is 7. The molecule has 1 fully saturated rings. The molecule has 182 valence electrons. The highest BCUT2D eigenvalue weighted by Crippen LogP contribution is 2.40. The van der Waals surface area contributed by atoms with E-state index in [-0.39, 0.29) is 5.92 Å². The lowest BCUT2D eigenvalue weighted by Gasteiger charge is -2.35. The summed E-state index contributed by atoms with van der Waals surface area (Å²) in [5.41, 5.74) is 1.54. The molecule has 1 heterocycles. The Kier molecular flexibility index (Phi) is 9.23. The van der Waals surface area contributed by atoms with Crippen molar-refractivity contribution >= 4 is 0 Å². The third kappa shape index (κ3) is 5.91. The monoisotopic (exact) mass is 459 g/mol. The second-order valence-electron chi connectivity index (χ2n) is 8.45. The smallest absolute Gasteiger partial charge is 0.166 e. The van der Waals surface area contributed by atoms with Gasteiger partial charge in [0.05, 0.1) is 40.6 Å². The first-order valence-electron chi connectivity index (χ1n) is 11.5. The van der Waals surface area contributed by atoms with Crippen LogP contribution in [0.4, 0.5) is 0 Å². The molecule has 1 saturated heterocycles. The first kappa shape index (κ1) is 25.1. The number of hydrogen-bond donors (Lipinski definition) is 2. The molecule has 7 nitrogen and oxygen atoms in total. The Morgan fingerprint density at radius 2 is 1.36 bits per heavy atom. The summed E-state index contributed by atoms with van der Waals surface area (Å²) in [6.45, 7) is 2.76. The fourth-order valence-corrected chi connectivity index (χ4v) is 4.73. The zero-order valence-corrected chi connectivity index (χ0v) is 20.1. The van der Waals surface area contributed by atoms with E-state index >= 15 is 0 Å². The lowest BCUT2D eigenvalue weighted by molar-refractivity contribution is 0.0550. The third-order valence-corrected chi connectivity index (χ3v) is 6.58. The van der Waals surface area contributed by atoms with E-state index in [1.807, 2.05) is 36.4 Å². The Balaban J connectivity index is 1.50. The van der Waals surface area contributed by atoms with E-state index < -0.39 is 12.2 Å². The highest BCUT2D eigenvalue weighted by molar-refractivity contribution is 5.48. The van der Waals surface area contributed by atoms with Gasteiger partial charge in [0.15, 0.2) is 23.0 Å². The summed E-state index contributed by atoms with van der Waals surface area (Å²) in [6.07, 6.45) is 2.15. The van der Waals surface area contributed by atoms with Crippen LogP contribution in [0, 0.1) is 5.92 Å². The molecule has 2 aromatic rings. The van der Waals surface area contributed by atoms with Crippen molar-refractivity contribution in [2.75, 3.05) is 48.1 Å². The number of methoxy groups -OCH3 is 4. The molecule has 2 N–H and O–H groups in total. The molecule has 0 aromatic heterocycles. The topological polar surface area (TPSA) is 80.6 Å². The predicted molar refractivity (Wildman–Crippen MR) is 127 cm³/mol. The number of para-hydroxylation sites is 2. The van der Waals surface area contributed by atoms with Gasteiger partial charge in [-0.2, -0.15) is 0 Å². The molecule has 1 aliphatic rings. The molecular weight excluding hydrogens is 422 g/mol. The lowest BCUT2D eigenvalue weighted by Crippen LogP contribution is -2.36.